The largest absolute Gasteiger partial charge is 0.490 e. The van der Waals surface area contributed by atoms with Gasteiger partial charge in [-0.2, -0.15) is 0 Å². The van der Waals surface area contributed by atoms with Crippen molar-refractivity contribution < 1.29 is 19.1 Å². The van der Waals surface area contributed by atoms with Crippen molar-refractivity contribution in [1.29, 1.82) is 0 Å². The summed E-state index contributed by atoms with van der Waals surface area (Å²) in [6.07, 6.45) is 1.89. The maximum atomic E-state index is 12.0. The fourth-order valence-electron chi connectivity index (χ4n) is 2.42. The Kier molecular flexibility index (Phi) is 7.62. The molecule has 0 aliphatic rings. The van der Waals surface area contributed by atoms with E-state index < -0.39 is 5.97 Å². The summed E-state index contributed by atoms with van der Waals surface area (Å²) in [5.41, 5.74) is 2.93. The first-order valence-electron chi connectivity index (χ1n) is 8.88. The van der Waals surface area contributed by atoms with Gasteiger partial charge < -0.3 is 14.8 Å². The van der Waals surface area contributed by atoms with Gasteiger partial charge in [-0.1, -0.05) is 30.8 Å². The van der Waals surface area contributed by atoms with E-state index in [9.17, 15) is 9.59 Å². The third-order valence-electron chi connectivity index (χ3n) is 3.73. The normalized spacial score (nSPS) is 10.3. The quantitative estimate of drug-likeness (QED) is 0.418. The number of rotatable bonds is 9. The number of carbonyl (C=O) groups is 2. The highest BCUT2D eigenvalue weighted by atomic mass is 16.6. The highest BCUT2D eigenvalue weighted by Crippen LogP contribution is 2.16. The van der Waals surface area contributed by atoms with Crippen LogP contribution in [0.4, 0.5) is 0 Å². The van der Waals surface area contributed by atoms with E-state index in [-0.39, 0.29) is 18.6 Å². The number of hydrogen-bond donors (Lipinski definition) is 1. The molecule has 1 N–H and O–H groups in total. The minimum Gasteiger partial charge on any atom is -0.490 e. The molecule has 1 amide bonds. The van der Waals surface area contributed by atoms with E-state index in [1.807, 2.05) is 62.4 Å². The highest BCUT2D eigenvalue weighted by molar-refractivity contribution is 5.94. The minimum absolute atomic E-state index is 0.0585. The van der Waals surface area contributed by atoms with Crippen LogP contribution >= 0.6 is 0 Å². The van der Waals surface area contributed by atoms with Crippen LogP contribution in [0.3, 0.4) is 0 Å². The zero-order valence-electron chi connectivity index (χ0n) is 15.7. The predicted octanol–water partition coefficient (Wildman–Crippen LogP) is 3.52. The van der Waals surface area contributed by atoms with Crippen molar-refractivity contribution in [2.75, 3.05) is 13.2 Å². The third kappa shape index (κ3) is 6.98. The average molecular weight is 367 g/mol. The van der Waals surface area contributed by atoms with Crippen LogP contribution in [0.25, 0.3) is 0 Å². The van der Waals surface area contributed by atoms with Crippen molar-refractivity contribution in [2.45, 2.75) is 26.3 Å². The predicted molar refractivity (Wildman–Crippen MR) is 105 cm³/mol. The van der Waals surface area contributed by atoms with Gasteiger partial charge in [-0.15, -0.1) is 0 Å². The van der Waals surface area contributed by atoms with E-state index in [1.165, 1.54) is 0 Å². The van der Waals surface area contributed by atoms with E-state index in [2.05, 4.69) is 11.9 Å². The van der Waals surface area contributed by atoms with Crippen molar-refractivity contribution in [3.8, 4) is 5.75 Å². The van der Waals surface area contributed by atoms with Gasteiger partial charge in [-0.3, -0.25) is 4.79 Å². The first kappa shape index (κ1) is 20.2. The number of amides is 1. The molecule has 0 spiro atoms. The summed E-state index contributed by atoms with van der Waals surface area (Å²) < 4.78 is 10.4. The molecule has 0 bridgehead atoms. The van der Waals surface area contributed by atoms with Crippen molar-refractivity contribution >= 4 is 11.9 Å². The SMILES string of the molecule is C=CC(=O)OCCOc1ccc(Cc2ccc(C(=O)NC(C)C)cc2)cc1. The van der Waals surface area contributed by atoms with Crippen LogP contribution in [0, 0.1) is 0 Å². The number of carbonyl (C=O) groups excluding carboxylic acids is 2. The molecule has 27 heavy (non-hydrogen) atoms. The van der Waals surface area contributed by atoms with E-state index in [4.69, 9.17) is 9.47 Å². The number of ether oxygens (including phenoxy) is 2. The van der Waals surface area contributed by atoms with Gasteiger partial charge in [-0.05, 0) is 55.7 Å². The summed E-state index contributed by atoms with van der Waals surface area (Å²) in [7, 11) is 0. The average Bonchev–Trinajstić information content (AvgIpc) is 2.66. The van der Waals surface area contributed by atoms with Crippen molar-refractivity contribution in [1.82, 2.24) is 5.32 Å². The zero-order chi connectivity index (χ0) is 19.6. The summed E-state index contributed by atoms with van der Waals surface area (Å²) in [4.78, 5) is 22.9. The molecular formula is C22H25NO4. The Bertz CT molecular complexity index is 764. The molecule has 2 aromatic carbocycles. The zero-order valence-corrected chi connectivity index (χ0v) is 15.7. The Morgan fingerprint density at radius 1 is 1.00 bits per heavy atom. The van der Waals surface area contributed by atoms with Crippen LogP contribution in [0.1, 0.15) is 35.3 Å². The molecule has 5 nitrogen and oxygen atoms in total. The number of hydrogen-bond acceptors (Lipinski definition) is 4. The molecule has 0 aliphatic carbocycles. The van der Waals surface area contributed by atoms with E-state index in [0.717, 1.165) is 23.6 Å². The molecule has 2 aromatic rings. The van der Waals surface area contributed by atoms with Crippen LogP contribution in [0.5, 0.6) is 5.75 Å². The Morgan fingerprint density at radius 3 is 2.15 bits per heavy atom. The Labute approximate surface area is 160 Å². The van der Waals surface area contributed by atoms with Gasteiger partial charge in [0.2, 0.25) is 0 Å². The van der Waals surface area contributed by atoms with Gasteiger partial charge in [0.1, 0.15) is 19.0 Å². The van der Waals surface area contributed by atoms with Crippen molar-refractivity contribution in [2.24, 2.45) is 0 Å². The maximum Gasteiger partial charge on any atom is 0.330 e. The first-order valence-corrected chi connectivity index (χ1v) is 8.88. The summed E-state index contributed by atoms with van der Waals surface area (Å²) in [5, 5.41) is 2.88. The molecule has 0 unspecified atom stereocenters. The molecule has 2 rings (SSSR count). The molecule has 0 fully saturated rings. The first-order chi connectivity index (χ1) is 13.0. The monoisotopic (exact) mass is 367 g/mol. The fraction of sp³-hybridized carbons (Fsp3) is 0.273. The van der Waals surface area contributed by atoms with Gasteiger partial charge in [0.05, 0.1) is 0 Å². The van der Waals surface area contributed by atoms with Crippen LogP contribution in [0.2, 0.25) is 0 Å². The van der Waals surface area contributed by atoms with Gasteiger partial charge >= 0.3 is 5.97 Å². The molecule has 0 saturated carbocycles. The van der Waals surface area contributed by atoms with Crippen LogP contribution in [0.15, 0.2) is 61.2 Å². The summed E-state index contributed by atoms with van der Waals surface area (Å²) in [6.45, 7) is 7.68. The van der Waals surface area contributed by atoms with Gasteiger partial charge in [0, 0.05) is 17.7 Å². The number of benzene rings is 2. The second-order valence-corrected chi connectivity index (χ2v) is 6.37. The molecule has 0 radical (unpaired) electrons. The summed E-state index contributed by atoms with van der Waals surface area (Å²) >= 11 is 0. The molecular weight excluding hydrogens is 342 g/mol. The molecule has 142 valence electrons. The fourth-order valence-corrected chi connectivity index (χ4v) is 2.42. The van der Waals surface area contributed by atoms with Gasteiger partial charge in [0.25, 0.3) is 5.91 Å². The standard InChI is InChI=1S/C22H25NO4/c1-4-21(24)27-14-13-26-20-11-7-18(8-12-20)15-17-5-9-19(10-6-17)22(25)23-16(2)3/h4-12,16H,1,13-15H2,2-3H3,(H,23,25). The lowest BCUT2D eigenvalue weighted by atomic mass is 10.0. The van der Waals surface area contributed by atoms with Crippen LogP contribution < -0.4 is 10.1 Å². The van der Waals surface area contributed by atoms with Crippen LogP contribution in [-0.4, -0.2) is 31.1 Å². The second kappa shape index (κ2) is 10.2. The molecule has 5 heteroatoms. The lowest BCUT2D eigenvalue weighted by Gasteiger charge is -2.09. The number of nitrogens with one attached hydrogen (secondary N) is 1. The smallest absolute Gasteiger partial charge is 0.330 e. The van der Waals surface area contributed by atoms with Crippen LogP contribution in [-0.2, 0) is 16.0 Å². The van der Waals surface area contributed by atoms with Gasteiger partial charge in [-0.25, -0.2) is 4.79 Å². The molecule has 0 aromatic heterocycles. The van der Waals surface area contributed by atoms with E-state index in [0.29, 0.717) is 17.9 Å². The molecule has 0 atom stereocenters. The summed E-state index contributed by atoms with van der Waals surface area (Å²) in [5.74, 6) is 0.201. The molecule has 0 heterocycles. The van der Waals surface area contributed by atoms with Crippen molar-refractivity contribution in [3.05, 3.63) is 77.9 Å². The lowest BCUT2D eigenvalue weighted by Crippen LogP contribution is -2.29. The minimum atomic E-state index is -0.457. The summed E-state index contributed by atoms with van der Waals surface area (Å²) in [6, 6.07) is 15.5. The molecule has 0 saturated heterocycles. The lowest BCUT2D eigenvalue weighted by molar-refractivity contribution is -0.138. The van der Waals surface area contributed by atoms with Crippen molar-refractivity contribution in [3.63, 3.8) is 0 Å². The third-order valence-corrected chi connectivity index (χ3v) is 3.73. The maximum absolute atomic E-state index is 12.0. The topological polar surface area (TPSA) is 64.6 Å². The Hall–Kier alpha value is -3.08. The van der Waals surface area contributed by atoms with E-state index in [1.54, 1.807) is 0 Å². The van der Waals surface area contributed by atoms with E-state index >= 15 is 0 Å². The Morgan fingerprint density at radius 2 is 1.59 bits per heavy atom. The molecule has 0 aliphatic heterocycles. The second-order valence-electron chi connectivity index (χ2n) is 6.37. The Balaban J connectivity index is 1.84. The highest BCUT2D eigenvalue weighted by Gasteiger charge is 2.07. The number of esters is 1. The van der Waals surface area contributed by atoms with Gasteiger partial charge in [0.15, 0.2) is 0 Å².